The van der Waals surface area contributed by atoms with E-state index in [1.165, 1.54) is 135 Å². The number of hydrogen-bond donors (Lipinski definition) is 0. The number of likely N-dealkylation sites (N-methyl/N-ethyl adjacent to an activating group) is 1. The van der Waals surface area contributed by atoms with Crippen LogP contribution in [0.4, 0.5) is 0 Å². The van der Waals surface area contributed by atoms with E-state index < -0.39 is 20.0 Å². The Kier molecular flexibility index (Phi) is 32.2. The number of phosphoric ester groups is 1. The molecule has 0 aromatic rings. The average molecular weight is 678 g/mol. The van der Waals surface area contributed by atoms with Crippen molar-refractivity contribution in [3.63, 3.8) is 0 Å². The molecule has 0 aromatic heterocycles. The minimum absolute atomic E-state index is 0.0711. The highest BCUT2D eigenvalue weighted by molar-refractivity contribution is 7.45. The third-order valence-corrected chi connectivity index (χ3v) is 9.72. The van der Waals surface area contributed by atoms with E-state index in [-0.39, 0.29) is 6.61 Å². The summed E-state index contributed by atoms with van der Waals surface area (Å²) >= 11 is 0. The molecule has 0 heterocycles. The van der Waals surface area contributed by atoms with Crippen LogP contribution in [0.2, 0.25) is 0 Å². The monoisotopic (exact) mass is 678 g/mol. The zero-order valence-corrected chi connectivity index (χ0v) is 32.6. The lowest BCUT2D eigenvalue weighted by Gasteiger charge is -2.33. The standard InChI is InChI=1S/C38H80NO6P/c1-7-10-12-14-16-18-20-22-24-26-28-30-32-42-35-38(36-44-46(40,41)45-37(9-3)34-39(4,5)6)43-33-31-29-27-25-23-21-19-17-15-13-11-8-2/h37-38H,7-36H2,1-6H3/t37?,38-/m1/s1. The van der Waals surface area contributed by atoms with E-state index in [2.05, 4.69) is 13.8 Å². The molecule has 278 valence electrons. The second-order valence-electron chi connectivity index (χ2n) is 14.7. The lowest BCUT2D eigenvalue weighted by Crippen LogP contribution is -2.42. The molecular formula is C38H80NO6P. The van der Waals surface area contributed by atoms with Crippen molar-refractivity contribution in [3.05, 3.63) is 0 Å². The highest BCUT2D eigenvalue weighted by Gasteiger charge is 2.24. The fourth-order valence-electron chi connectivity index (χ4n) is 5.83. The molecule has 0 aliphatic carbocycles. The predicted octanol–water partition coefficient (Wildman–Crippen LogP) is 10.8. The van der Waals surface area contributed by atoms with Crippen molar-refractivity contribution >= 4 is 7.82 Å². The molecule has 0 radical (unpaired) electrons. The SMILES string of the molecule is CCCCCCCCCCCCCCOC[C@H](COP(=O)([O-])OC(CC)C[N+](C)(C)C)OCCCCCCCCCCCCCC. The molecule has 7 nitrogen and oxygen atoms in total. The van der Waals surface area contributed by atoms with Crippen molar-refractivity contribution < 1.29 is 32.5 Å². The van der Waals surface area contributed by atoms with Crippen molar-refractivity contribution in [1.29, 1.82) is 0 Å². The molecule has 0 saturated heterocycles. The Hall–Kier alpha value is -0.0100. The van der Waals surface area contributed by atoms with Crippen LogP contribution in [0.5, 0.6) is 0 Å². The predicted molar refractivity (Wildman–Crippen MR) is 194 cm³/mol. The van der Waals surface area contributed by atoms with Gasteiger partial charge in [0.2, 0.25) is 0 Å². The largest absolute Gasteiger partial charge is 0.756 e. The van der Waals surface area contributed by atoms with Gasteiger partial charge in [0.25, 0.3) is 7.82 Å². The molecule has 0 rings (SSSR count). The summed E-state index contributed by atoms with van der Waals surface area (Å²) in [7, 11) is 1.63. The maximum Gasteiger partial charge on any atom is 0.268 e. The molecule has 46 heavy (non-hydrogen) atoms. The summed E-state index contributed by atoms with van der Waals surface area (Å²) in [6.07, 6.45) is 31.0. The topological polar surface area (TPSA) is 77.1 Å². The van der Waals surface area contributed by atoms with Crippen LogP contribution in [0, 0.1) is 0 Å². The molecule has 3 atom stereocenters. The number of unbranched alkanes of at least 4 members (excludes halogenated alkanes) is 22. The van der Waals surface area contributed by atoms with Gasteiger partial charge in [0.15, 0.2) is 0 Å². The number of phosphoric acid groups is 1. The quantitative estimate of drug-likeness (QED) is 0.0370. The van der Waals surface area contributed by atoms with Crippen molar-refractivity contribution in [3.8, 4) is 0 Å². The first-order chi connectivity index (χ1) is 22.1. The summed E-state index contributed by atoms with van der Waals surface area (Å²) < 4.78 is 36.1. The van der Waals surface area contributed by atoms with Crippen LogP contribution in [0.25, 0.3) is 0 Å². The van der Waals surface area contributed by atoms with E-state index in [1.807, 2.05) is 28.1 Å². The molecule has 0 spiro atoms. The van der Waals surface area contributed by atoms with Crippen LogP contribution in [0.1, 0.15) is 181 Å². The Morgan fingerprint density at radius 2 is 0.935 bits per heavy atom. The van der Waals surface area contributed by atoms with Gasteiger partial charge in [-0.1, -0.05) is 162 Å². The zero-order valence-electron chi connectivity index (χ0n) is 31.7. The normalized spacial score (nSPS) is 14.8. The van der Waals surface area contributed by atoms with Crippen LogP contribution in [0.15, 0.2) is 0 Å². The summed E-state index contributed by atoms with van der Waals surface area (Å²) in [5.41, 5.74) is 0. The fraction of sp³-hybridized carbons (Fsp3) is 1.00. The van der Waals surface area contributed by atoms with Gasteiger partial charge >= 0.3 is 0 Å². The summed E-state index contributed by atoms with van der Waals surface area (Å²) in [5.74, 6) is 0. The molecule has 0 N–H and O–H groups in total. The van der Waals surface area contributed by atoms with Crippen LogP contribution in [-0.2, 0) is 23.1 Å². The molecule has 0 aromatic carbocycles. The van der Waals surface area contributed by atoms with Gasteiger partial charge in [0, 0.05) is 13.2 Å². The van der Waals surface area contributed by atoms with Gasteiger partial charge in [-0.15, -0.1) is 0 Å². The van der Waals surface area contributed by atoms with Crippen LogP contribution >= 0.6 is 7.82 Å². The number of rotatable bonds is 37. The number of hydrogen-bond acceptors (Lipinski definition) is 6. The second-order valence-corrected chi connectivity index (χ2v) is 16.1. The van der Waals surface area contributed by atoms with E-state index >= 15 is 0 Å². The van der Waals surface area contributed by atoms with Gasteiger partial charge in [-0.3, -0.25) is 4.57 Å². The molecule has 0 bridgehead atoms. The van der Waals surface area contributed by atoms with E-state index in [0.717, 1.165) is 19.3 Å². The van der Waals surface area contributed by atoms with Crippen LogP contribution in [-0.4, -0.2) is 70.8 Å². The van der Waals surface area contributed by atoms with Crippen LogP contribution in [0.3, 0.4) is 0 Å². The Morgan fingerprint density at radius 1 is 0.543 bits per heavy atom. The van der Waals surface area contributed by atoms with Gasteiger partial charge in [-0.2, -0.15) is 0 Å². The molecule has 0 amide bonds. The second kappa shape index (κ2) is 32.2. The minimum Gasteiger partial charge on any atom is -0.756 e. The first-order valence-corrected chi connectivity index (χ1v) is 21.2. The Balaban J connectivity index is 4.32. The highest BCUT2D eigenvalue weighted by atomic mass is 31.2. The third kappa shape index (κ3) is 33.9. The summed E-state index contributed by atoms with van der Waals surface area (Å²) in [5, 5.41) is 0. The molecule has 8 heteroatoms. The summed E-state index contributed by atoms with van der Waals surface area (Å²) in [6, 6.07) is 0. The van der Waals surface area contributed by atoms with Crippen molar-refractivity contribution in [2.45, 2.75) is 193 Å². The van der Waals surface area contributed by atoms with E-state index in [1.54, 1.807) is 0 Å². The molecular weight excluding hydrogens is 597 g/mol. The Labute approximate surface area is 287 Å². The molecule has 0 aliphatic heterocycles. The maximum absolute atomic E-state index is 12.7. The van der Waals surface area contributed by atoms with E-state index in [0.29, 0.717) is 37.3 Å². The summed E-state index contributed by atoms with van der Waals surface area (Å²) in [6.45, 7) is 8.60. The smallest absolute Gasteiger partial charge is 0.268 e. The molecule has 0 fully saturated rings. The number of nitrogens with zero attached hydrogens (tertiary/aromatic N) is 1. The van der Waals surface area contributed by atoms with Gasteiger partial charge < -0.3 is 27.9 Å². The molecule has 0 saturated carbocycles. The van der Waals surface area contributed by atoms with Gasteiger partial charge in [0.1, 0.15) is 18.8 Å². The highest BCUT2D eigenvalue weighted by Crippen LogP contribution is 2.41. The maximum atomic E-state index is 12.7. The van der Waals surface area contributed by atoms with Crippen molar-refractivity contribution in [1.82, 2.24) is 0 Å². The third-order valence-electron chi connectivity index (χ3n) is 8.70. The Bertz CT molecular complexity index is 674. The average Bonchev–Trinajstić information content (AvgIpc) is 3.00. The van der Waals surface area contributed by atoms with Gasteiger partial charge in [-0.25, -0.2) is 0 Å². The molecule has 0 aliphatic rings. The van der Waals surface area contributed by atoms with Crippen molar-refractivity contribution in [2.75, 3.05) is 54.1 Å². The summed E-state index contributed by atoms with van der Waals surface area (Å²) in [4.78, 5) is 12.7. The first-order valence-electron chi connectivity index (χ1n) is 19.8. The Morgan fingerprint density at radius 3 is 1.33 bits per heavy atom. The van der Waals surface area contributed by atoms with Gasteiger partial charge in [-0.05, 0) is 19.3 Å². The van der Waals surface area contributed by atoms with E-state index in [9.17, 15) is 9.46 Å². The molecule has 2 unspecified atom stereocenters. The van der Waals surface area contributed by atoms with Crippen molar-refractivity contribution in [2.24, 2.45) is 0 Å². The minimum atomic E-state index is -4.45. The van der Waals surface area contributed by atoms with E-state index in [4.69, 9.17) is 18.5 Å². The van der Waals surface area contributed by atoms with Gasteiger partial charge in [0.05, 0.1) is 34.4 Å². The zero-order chi connectivity index (χ0) is 34.2. The van der Waals surface area contributed by atoms with Crippen LogP contribution < -0.4 is 4.89 Å². The lowest BCUT2D eigenvalue weighted by molar-refractivity contribution is -0.873. The fourth-order valence-corrected chi connectivity index (χ4v) is 6.82. The lowest BCUT2D eigenvalue weighted by atomic mass is 10.1. The number of quaternary nitrogens is 1. The first kappa shape index (κ1) is 46.0. The number of ether oxygens (including phenoxy) is 2.